The summed E-state index contributed by atoms with van der Waals surface area (Å²) in [6.07, 6.45) is 8.28. The molecule has 0 bridgehead atoms. The SMILES string of the molecule is CCc1ccccc1CN1CCC(n2cc(C3CC3)nn2)CC1. The first-order valence-corrected chi connectivity index (χ1v) is 9.04. The van der Waals surface area contributed by atoms with Gasteiger partial charge in [-0.15, -0.1) is 5.10 Å². The van der Waals surface area contributed by atoms with Gasteiger partial charge < -0.3 is 0 Å². The molecule has 1 aromatic carbocycles. The molecule has 1 aliphatic heterocycles. The van der Waals surface area contributed by atoms with Crippen LogP contribution < -0.4 is 0 Å². The van der Waals surface area contributed by atoms with Crippen molar-refractivity contribution < 1.29 is 0 Å². The van der Waals surface area contributed by atoms with Crippen molar-refractivity contribution in [3.8, 4) is 0 Å². The zero-order chi connectivity index (χ0) is 15.6. The molecule has 2 heterocycles. The van der Waals surface area contributed by atoms with Crippen molar-refractivity contribution in [2.75, 3.05) is 13.1 Å². The van der Waals surface area contributed by atoms with Gasteiger partial charge in [0.2, 0.25) is 0 Å². The van der Waals surface area contributed by atoms with Crippen LogP contribution in [0, 0.1) is 0 Å². The van der Waals surface area contributed by atoms with Crippen LogP contribution in [-0.2, 0) is 13.0 Å². The van der Waals surface area contributed by atoms with Crippen LogP contribution in [-0.4, -0.2) is 33.0 Å². The molecule has 0 spiro atoms. The Hall–Kier alpha value is -1.68. The number of hydrogen-bond acceptors (Lipinski definition) is 3. The Kier molecular flexibility index (Phi) is 4.17. The molecule has 4 rings (SSSR count). The van der Waals surface area contributed by atoms with Crippen molar-refractivity contribution in [1.82, 2.24) is 19.9 Å². The highest BCUT2D eigenvalue weighted by molar-refractivity contribution is 5.27. The molecule has 1 aliphatic carbocycles. The fourth-order valence-corrected chi connectivity index (χ4v) is 3.67. The molecule has 2 aromatic rings. The monoisotopic (exact) mass is 310 g/mol. The van der Waals surface area contributed by atoms with Gasteiger partial charge in [0.05, 0.1) is 11.7 Å². The molecule has 0 radical (unpaired) electrons. The van der Waals surface area contributed by atoms with Gasteiger partial charge in [0.25, 0.3) is 0 Å². The molecule has 1 saturated heterocycles. The van der Waals surface area contributed by atoms with E-state index in [1.807, 2.05) is 0 Å². The Balaban J connectivity index is 1.35. The zero-order valence-corrected chi connectivity index (χ0v) is 14.0. The average Bonchev–Trinajstić information content (AvgIpc) is 3.33. The van der Waals surface area contributed by atoms with E-state index in [9.17, 15) is 0 Å². The number of nitrogens with zero attached hydrogens (tertiary/aromatic N) is 4. The Morgan fingerprint density at radius 2 is 1.78 bits per heavy atom. The number of rotatable bonds is 5. The number of piperidine rings is 1. The molecule has 4 nitrogen and oxygen atoms in total. The minimum Gasteiger partial charge on any atom is -0.299 e. The summed E-state index contributed by atoms with van der Waals surface area (Å²) in [4.78, 5) is 2.59. The topological polar surface area (TPSA) is 34.0 Å². The highest BCUT2D eigenvalue weighted by Crippen LogP contribution is 2.39. The van der Waals surface area contributed by atoms with Crippen molar-refractivity contribution in [1.29, 1.82) is 0 Å². The molecule has 0 atom stereocenters. The van der Waals surface area contributed by atoms with Crippen molar-refractivity contribution in [2.45, 2.75) is 57.5 Å². The van der Waals surface area contributed by atoms with Crippen LogP contribution in [0.2, 0.25) is 0 Å². The fourth-order valence-electron chi connectivity index (χ4n) is 3.67. The van der Waals surface area contributed by atoms with Crippen molar-refractivity contribution in [3.05, 3.63) is 47.3 Å². The normalized spacial score (nSPS) is 20.0. The number of likely N-dealkylation sites (tertiary alicyclic amines) is 1. The lowest BCUT2D eigenvalue weighted by Gasteiger charge is -2.32. The summed E-state index contributed by atoms with van der Waals surface area (Å²) >= 11 is 0. The van der Waals surface area contributed by atoms with Crippen LogP contribution >= 0.6 is 0 Å². The Labute approximate surface area is 138 Å². The quantitative estimate of drug-likeness (QED) is 0.847. The molecule has 4 heteroatoms. The Bertz CT molecular complexity index is 651. The Morgan fingerprint density at radius 3 is 2.48 bits per heavy atom. The van der Waals surface area contributed by atoms with E-state index in [-0.39, 0.29) is 0 Å². The van der Waals surface area contributed by atoms with Gasteiger partial charge in [-0.3, -0.25) is 4.90 Å². The molecule has 1 aromatic heterocycles. The maximum Gasteiger partial charge on any atom is 0.0858 e. The number of aromatic nitrogens is 3. The summed E-state index contributed by atoms with van der Waals surface area (Å²) in [5.74, 6) is 0.703. The summed E-state index contributed by atoms with van der Waals surface area (Å²) in [6, 6.07) is 9.39. The van der Waals surface area contributed by atoms with Gasteiger partial charge >= 0.3 is 0 Å². The third-order valence-corrected chi connectivity index (χ3v) is 5.35. The van der Waals surface area contributed by atoms with Gasteiger partial charge in [-0.05, 0) is 43.2 Å². The first-order valence-electron chi connectivity index (χ1n) is 9.04. The van der Waals surface area contributed by atoms with Crippen LogP contribution in [0.15, 0.2) is 30.5 Å². The van der Waals surface area contributed by atoms with Gasteiger partial charge in [-0.2, -0.15) is 0 Å². The van der Waals surface area contributed by atoms with Gasteiger partial charge in [-0.1, -0.05) is 36.4 Å². The smallest absolute Gasteiger partial charge is 0.0858 e. The van der Waals surface area contributed by atoms with Crippen LogP contribution in [0.3, 0.4) is 0 Å². The predicted molar refractivity (Wildman–Crippen MR) is 91.4 cm³/mol. The molecule has 0 N–H and O–H groups in total. The van der Waals surface area contributed by atoms with Crippen molar-refractivity contribution in [3.63, 3.8) is 0 Å². The first kappa shape index (κ1) is 14.9. The van der Waals surface area contributed by atoms with E-state index in [0.29, 0.717) is 12.0 Å². The van der Waals surface area contributed by atoms with E-state index in [1.54, 1.807) is 0 Å². The van der Waals surface area contributed by atoms with E-state index in [0.717, 1.165) is 26.1 Å². The maximum atomic E-state index is 4.39. The minimum atomic E-state index is 0.535. The third-order valence-electron chi connectivity index (χ3n) is 5.35. The summed E-state index contributed by atoms with van der Waals surface area (Å²) in [7, 11) is 0. The molecule has 0 amide bonds. The first-order chi connectivity index (χ1) is 11.3. The summed E-state index contributed by atoms with van der Waals surface area (Å²) in [5, 5.41) is 8.75. The van der Waals surface area contributed by atoms with Gasteiger partial charge in [-0.25, -0.2) is 4.68 Å². The number of benzene rings is 1. The van der Waals surface area contributed by atoms with Crippen molar-refractivity contribution >= 4 is 0 Å². The largest absolute Gasteiger partial charge is 0.299 e. The van der Waals surface area contributed by atoms with Crippen LogP contribution in [0.25, 0.3) is 0 Å². The lowest BCUT2D eigenvalue weighted by Crippen LogP contribution is -2.34. The van der Waals surface area contributed by atoms with Gasteiger partial charge in [0.15, 0.2) is 0 Å². The summed E-state index contributed by atoms with van der Waals surface area (Å²) < 4.78 is 2.13. The van der Waals surface area contributed by atoms with Gasteiger partial charge in [0.1, 0.15) is 0 Å². The third kappa shape index (κ3) is 3.32. The second-order valence-electron chi connectivity index (χ2n) is 7.03. The molecule has 2 fully saturated rings. The fraction of sp³-hybridized carbons (Fsp3) is 0.579. The van der Waals surface area contributed by atoms with Crippen molar-refractivity contribution in [2.24, 2.45) is 0 Å². The molecule has 0 unspecified atom stereocenters. The average molecular weight is 310 g/mol. The predicted octanol–water partition coefficient (Wildman–Crippen LogP) is 3.56. The van der Waals surface area contributed by atoms with E-state index in [4.69, 9.17) is 0 Å². The second-order valence-corrected chi connectivity index (χ2v) is 7.03. The van der Waals surface area contributed by atoms with Gasteiger partial charge in [0, 0.05) is 31.7 Å². The summed E-state index contributed by atoms with van der Waals surface area (Å²) in [5.41, 5.74) is 4.19. The van der Waals surface area contributed by atoms with Crippen LogP contribution in [0.5, 0.6) is 0 Å². The lowest BCUT2D eigenvalue weighted by molar-refractivity contribution is 0.172. The van der Waals surface area contributed by atoms with Crippen LogP contribution in [0.1, 0.15) is 61.4 Å². The highest BCUT2D eigenvalue weighted by Gasteiger charge is 2.28. The zero-order valence-electron chi connectivity index (χ0n) is 14.0. The molecule has 1 saturated carbocycles. The maximum absolute atomic E-state index is 4.39. The summed E-state index contributed by atoms with van der Waals surface area (Å²) in [6.45, 7) is 5.64. The van der Waals surface area contributed by atoms with E-state index < -0.39 is 0 Å². The molecule has 23 heavy (non-hydrogen) atoms. The van der Waals surface area contributed by atoms with E-state index >= 15 is 0 Å². The number of hydrogen-bond donors (Lipinski definition) is 0. The van der Waals surface area contributed by atoms with E-state index in [1.165, 1.54) is 42.5 Å². The minimum absolute atomic E-state index is 0.535. The highest BCUT2D eigenvalue weighted by atomic mass is 15.4. The second kappa shape index (κ2) is 6.44. The Morgan fingerprint density at radius 1 is 1.04 bits per heavy atom. The molecular weight excluding hydrogens is 284 g/mol. The standard InChI is InChI=1S/C19H26N4/c1-2-15-5-3-4-6-17(15)13-22-11-9-18(10-12-22)23-14-19(20-21-23)16-7-8-16/h3-6,14,16,18H,2,7-13H2,1H3. The number of aryl methyl sites for hydroxylation is 1. The van der Waals surface area contributed by atoms with Crippen LogP contribution in [0.4, 0.5) is 0 Å². The molecule has 122 valence electrons. The molecule has 2 aliphatic rings. The molecular formula is C19H26N4. The van der Waals surface area contributed by atoms with E-state index in [2.05, 4.69) is 57.3 Å². The lowest BCUT2D eigenvalue weighted by atomic mass is 10.0.